The van der Waals surface area contributed by atoms with Crippen LogP contribution in [0, 0.1) is 5.92 Å². The molecule has 0 unspecified atom stereocenters. The highest BCUT2D eigenvalue weighted by atomic mass is 16.5. The summed E-state index contributed by atoms with van der Waals surface area (Å²) >= 11 is 0. The van der Waals surface area contributed by atoms with Gasteiger partial charge in [-0.2, -0.15) is 0 Å². The molecule has 2 heterocycles. The molecule has 1 aliphatic carbocycles. The standard InChI is InChI=1S/C28H35N3O2/c1-33-17-7-16-30-19-22(25-10-5-6-11-27(25)30)20-31(23-12-13-23)28(32)26-18-29-15-14-24(26)21-8-3-2-4-9-21/h2-6,8-11,19,23-24,26,29H,7,12-18,20H2,1H3/t24-,26+/m1/s1. The molecule has 1 aliphatic heterocycles. The molecule has 5 rings (SSSR count). The Morgan fingerprint density at radius 3 is 2.67 bits per heavy atom. The normalized spacial score (nSPS) is 20.8. The lowest BCUT2D eigenvalue weighted by Gasteiger charge is -2.35. The third-order valence-electron chi connectivity index (χ3n) is 7.26. The van der Waals surface area contributed by atoms with Crippen LogP contribution < -0.4 is 5.32 Å². The highest BCUT2D eigenvalue weighted by Crippen LogP contribution is 2.37. The van der Waals surface area contributed by atoms with E-state index in [0.717, 1.165) is 51.9 Å². The van der Waals surface area contributed by atoms with Crippen molar-refractivity contribution in [2.24, 2.45) is 5.92 Å². The maximum Gasteiger partial charge on any atom is 0.228 e. The average molecular weight is 446 g/mol. The van der Waals surface area contributed by atoms with Crippen molar-refractivity contribution >= 4 is 16.8 Å². The maximum atomic E-state index is 14.0. The molecule has 33 heavy (non-hydrogen) atoms. The quantitative estimate of drug-likeness (QED) is 0.491. The molecule has 2 aliphatic rings. The van der Waals surface area contributed by atoms with Crippen LogP contribution in [0.3, 0.4) is 0 Å². The first-order valence-electron chi connectivity index (χ1n) is 12.4. The zero-order chi connectivity index (χ0) is 22.6. The van der Waals surface area contributed by atoms with Gasteiger partial charge in [-0.15, -0.1) is 0 Å². The number of amides is 1. The number of piperidine rings is 1. The number of ether oxygens (including phenoxy) is 1. The Balaban J connectivity index is 1.40. The fraction of sp³-hybridized carbons (Fsp3) is 0.464. The summed E-state index contributed by atoms with van der Waals surface area (Å²) in [5.74, 6) is 0.600. The number of carbonyl (C=O) groups is 1. The molecular formula is C28H35N3O2. The summed E-state index contributed by atoms with van der Waals surface area (Å²) in [7, 11) is 1.75. The predicted molar refractivity (Wildman–Crippen MR) is 132 cm³/mol. The lowest BCUT2D eigenvalue weighted by Crippen LogP contribution is -2.47. The minimum absolute atomic E-state index is 0.00296. The van der Waals surface area contributed by atoms with Crippen molar-refractivity contribution in [3.05, 3.63) is 71.9 Å². The number of hydrogen-bond donors (Lipinski definition) is 1. The van der Waals surface area contributed by atoms with Gasteiger partial charge in [0, 0.05) is 56.5 Å². The second kappa shape index (κ2) is 10.1. The number of hydrogen-bond acceptors (Lipinski definition) is 3. The Morgan fingerprint density at radius 1 is 1.09 bits per heavy atom. The van der Waals surface area contributed by atoms with Gasteiger partial charge >= 0.3 is 0 Å². The average Bonchev–Trinajstić information content (AvgIpc) is 3.65. The van der Waals surface area contributed by atoms with Crippen molar-refractivity contribution in [2.75, 3.05) is 26.8 Å². The Morgan fingerprint density at radius 2 is 1.88 bits per heavy atom. The SMILES string of the molecule is COCCCn1cc(CN(C(=O)[C@H]2CNCC[C@@H]2c2ccccc2)C2CC2)c2ccccc21. The second-order valence-electron chi connectivity index (χ2n) is 9.53. The number of methoxy groups -OCH3 is 1. The molecule has 1 saturated heterocycles. The molecule has 2 atom stereocenters. The number of carbonyl (C=O) groups excluding carboxylic acids is 1. The smallest absolute Gasteiger partial charge is 0.228 e. The summed E-state index contributed by atoms with van der Waals surface area (Å²) in [6, 6.07) is 19.6. The zero-order valence-corrected chi connectivity index (χ0v) is 19.6. The monoisotopic (exact) mass is 445 g/mol. The molecule has 0 radical (unpaired) electrons. The number of benzene rings is 2. The van der Waals surface area contributed by atoms with Crippen LogP contribution in [-0.4, -0.2) is 48.2 Å². The van der Waals surface area contributed by atoms with Crippen molar-refractivity contribution in [2.45, 2.75) is 50.7 Å². The summed E-state index contributed by atoms with van der Waals surface area (Å²) < 4.78 is 7.59. The van der Waals surface area contributed by atoms with E-state index in [1.807, 2.05) is 0 Å². The van der Waals surface area contributed by atoms with E-state index in [2.05, 4.69) is 75.6 Å². The van der Waals surface area contributed by atoms with Crippen LogP contribution in [0.4, 0.5) is 0 Å². The minimum atomic E-state index is -0.00296. The molecule has 1 amide bonds. The largest absolute Gasteiger partial charge is 0.385 e. The van der Waals surface area contributed by atoms with Gasteiger partial charge in [0.1, 0.15) is 0 Å². The molecule has 3 aromatic rings. The van der Waals surface area contributed by atoms with Gasteiger partial charge in [0.15, 0.2) is 0 Å². The summed E-state index contributed by atoms with van der Waals surface area (Å²) in [6.07, 6.45) is 6.49. The minimum Gasteiger partial charge on any atom is -0.385 e. The maximum absolute atomic E-state index is 14.0. The van der Waals surface area contributed by atoms with E-state index in [1.54, 1.807) is 7.11 Å². The van der Waals surface area contributed by atoms with Crippen molar-refractivity contribution in [1.29, 1.82) is 0 Å². The van der Waals surface area contributed by atoms with Crippen LogP contribution in [0.25, 0.3) is 10.9 Å². The third kappa shape index (κ3) is 4.85. The van der Waals surface area contributed by atoms with Crippen LogP contribution in [0.1, 0.15) is 42.7 Å². The van der Waals surface area contributed by atoms with Gasteiger partial charge in [-0.1, -0.05) is 48.5 Å². The Kier molecular flexibility index (Phi) is 6.79. The lowest BCUT2D eigenvalue weighted by atomic mass is 9.80. The second-order valence-corrected chi connectivity index (χ2v) is 9.53. The van der Waals surface area contributed by atoms with Gasteiger partial charge in [0.2, 0.25) is 5.91 Å². The molecule has 5 nitrogen and oxygen atoms in total. The molecule has 1 saturated carbocycles. The van der Waals surface area contributed by atoms with Gasteiger partial charge in [-0.25, -0.2) is 0 Å². The van der Waals surface area contributed by atoms with Crippen molar-refractivity contribution in [1.82, 2.24) is 14.8 Å². The first-order chi connectivity index (χ1) is 16.3. The molecule has 1 N–H and O–H groups in total. The van der Waals surface area contributed by atoms with Crippen LogP contribution in [0.2, 0.25) is 0 Å². The number of rotatable bonds is 9. The summed E-state index contributed by atoms with van der Waals surface area (Å²) in [6.45, 7) is 4.11. The van der Waals surface area contributed by atoms with Crippen LogP contribution >= 0.6 is 0 Å². The lowest BCUT2D eigenvalue weighted by molar-refractivity contribution is -0.138. The number of nitrogens with one attached hydrogen (secondary N) is 1. The molecule has 2 fully saturated rings. The van der Waals surface area contributed by atoms with Gasteiger partial charge in [0.25, 0.3) is 0 Å². The van der Waals surface area contributed by atoms with Crippen molar-refractivity contribution in [3.8, 4) is 0 Å². The Hall–Kier alpha value is -2.63. The highest BCUT2D eigenvalue weighted by Gasteiger charge is 2.40. The number of nitrogens with zero attached hydrogens (tertiary/aromatic N) is 2. The van der Waals surface area contributed by atoms with Crippen molar-refractivity contribution < 1.29 is 9.53 Å². The van der Waals surface area contributed by atoms with E-state index in [0.29, 0.717) is 18.5 Å². The molecule has 1 aromatic heterocycles. The van der Waals surface area contributed by atoms with E-state index in [-0.39, 0.29) is 11.8 Å². The summed E-state index contributed by atoms with van der Waals surface area (Å²) in [5, 5.41) is 4.75. The van der Waals surface area contributed by atoms with Crippen molar-refractivity contribution in [3.63, 3.8) is 0 Å². The summed E-state index contributed by atoms with van der Waals surface area (Å²) in [4.78, 5) is 16.2. The van der Waals surface area contributed by atoms with Gasteiger partial charge in [-0.3, -0.25) is 4.79 Å². The molecule has 0 spiro atoms. The number of para-hydroxylation sites is 1. The van der Waals surface area contributed by atoms with Crippen LogP contribution in [-0.2, 0) is 22.6 Å². The van der Waals surface area contributed by atoms with Gasteiger partial charge < -0.3 is 19.5 Å². The highest BCUT2D eigenvalue weighted by molar-refractivity contribution is 5.85. The summed E-state index contributed by atoms with van der Waals surface area (Å²) in [5.41, 5.74) is 3.79. The number of aromatic nitrogens is 1. The fourth-order valence-corrected chi connectivity index (χ4v) is 5.40. The molecule has 0 bridgehead atoms. The first-order valence-corrected chi connectivity index (χ1v) is 12.4. The molecule has 5 heteroatoms. The van der Waals surface area contributed by atoms with Gasteiger partial charge in [-0.05, 0) is 55.3 Å². The fourth-order valence-electron chi connectivity index (χ4n) is 5.40. The molecular weight excluding hydrogens is 410 g/mol. The third-order valence-corrected chi connectivity index (χ3v) is 7.26. The zero-order valence-electron chi connectivity index (χ0n) is 19.6. The Bertz CT molecular complexity index is 1070. The first kappa shape index (κ1) is 22.2. The Labute approximate surface area is 196 Å². The topological polar surface area (TPSA) is 46.5 Å². The molecule has 174 valence electrons. The van der Waals surface area contributed by atoms with Gasteiger partial charge in [0.05, 0.1) is 5.92 Å². The van der Waals surface area contributed by atoms with E-state index in [1.165, 1.54) is 22.0 Å². The van der Waals surface area contributed by atoms with E-state index in [4.69, 9.17) is 4.74 Å². The van der Waals surface area contributed by atoms with E-state index < -0.39 is 0 Å². The molecule has 2 aromatic carbocycles. The number of fused-ring (bicyclic) bond motifs is 1. The van der Waals surface area contributed by atoms with E-state index in [9.17, 15) is 4.79 Å². The van der Waals surface area contributed by atoms with E-state index >= 15 is 0 Å². The predicted octanol–water partition coefficient (Wildman–Crippen LogP) is 4.56. The number of aryl methyl sites for hydroxylation is 1. The van der Waals surface area contributed by atoms with Crippen LogP contribution in [0.15, 0.2) is 60.8 Å². The van der Waals surface area contributed by atoms with Crippen LogP contribution in [0.5, 0.6) is 0 Å².